The van der Waals surface area contributed by atoms with Gasteiger partial charge in [-0.05, 0) is 55.7 Å². The second kappa shape index (κ2) is 6.28. The molecule has 3 aromatic rings. The fourth-order valence-electron chi connectivity index (χ4n) is 3.83. The molecule has 0 radical (unpaired) electrons. The smallest absolute Gasteiger partial charge is 0.272 e. The molecule has 4 heteroatoms. The molecule has 2 heterocycles. The van der Waals surface area contributed by atoms with E-state index in [9.17, 15) is 4.79 Å². The molecule has 1 fully saturated rings. The van der Waals surface area contributed by atoms with Crippen LogP contribution in [0, 0.1) is 6.92 Å². The largest absolute Gasteiger partial charge is 0.372 e. The molecule has 1 saturated heterocycles. The lowest BCUT2D eigenvalue weighted by Gasteiger charge is -2.17. The van der Waals surface area contributed by atoms with Crippen molar-refractivity contribution in [2.24, 2.45) is 7.05 Å². The molecule has 0 bridgehead atoms. The first-order valence-electron chi connectivity index (χ1n) is 8.85. The van der Waals surface area contributed by atoms with Gasteiger partial charge in [-0.1, -0.05) is 18.2 Å². The lowest BCUT2D eigenvalue weighted by Crippen LogP contribution is -2.18. The number of carbonyl (C=O) groups excluding carboxylic acids is 1. The monoisotopic (exact) mass is 333 g/mol. The average Bonchev–Trinajstić information content (AvgIpc) is 3.24. The van der Waals surface area contributed by atoms with Gasteiger partial charge in [0, 0.05) is 42.4 Å². The van der Waals surface area contributed by atoms with Crippen LogP contribution in [0.25, 0.3) is 10.9 Å². The molecule has 1 aromatic heterocycles. The highest BCUT2D eigenvalue weighted by atomic mass is 16.1. The third-order valence-electron chi connectivity index (χ3n) is 5.17. The van der Waals surface area contributed by atoms with Crippen molar-refractivity contribution in [3.8, 4) is 0 Å². The molecule has 0 atom stereocenters. The highest BCUT2D eigenvalue weighted by Crippen LogP contribution is 2.26. The van der Waals surface area contributed by atoms with Gasteiger partial charge < -0.3 is 14.8 Å². The van der Waals surface area contributed by atoms with Crippen molar-refractivity contribution >= 4 is 28.2 Å². The molecule has 1 N–H and O–H groups in total. The first-order valence-corrected chi connectivity index (χ1v) is 8.85. The minimum atomic E-state index is -0.0647. The predicted molar refractivity (Wildman–Crippen MR) is 103 cm³/mol. The maximum Gasteiger partial charge on any atom is 0.272 e. The van der Waals surface area contributed by atoms with Gasteiger partial charge in [0.2, 0.25) is 0 Å². The second-order valence-electron chi connectivity index (χ2n) is 6.74. The number of nitrogens with one attached hydrogen (secondary N) is 1. The predicted octanol–water partition coefficient (Wildman–Crippen LogP) is 4.34. The highest BCUT2D eigenvalue weighted by molar-refractivity contribution is 6.08. The summed E-state index contributed by atoms with van der Waals surface area (Å²) in [7, 11) is 1.95. The number of hydrogen-bond acceptors (Lipinski definition) is 2. The van der Waals surface area contributed by atoms with E-state index in [-0.39, 0.29) is 5.91 Å². The molecule has 4 nitrogen and oxygen atoms in total. The van der Waals surface area contributed by atoms with Crippen molar-refractivity contribution in [3.05, 3.63) is 59.8 Å². The molecule has 0 unspecified atom stereocenters. The van der Waals surface area contributed by atoms with E-state index in [0.717, 1.165) is 35.2 Å². The Morgan fingerprint density at radius 1 is 1.00 bits per heavy atom. The summed E-state index contributed by atoms with van der Waals surface area (Å²) in [5, 5.41) is 4.16. The molecular formula is C21H23N3O. The maximum absolute atomic E-state index is 12.8. The molecule has 1 amide bonds. The molecule has 1 aliphatic heterocycles. The molecule has 4 rings (SSSR count). The number of amides is 1. The Labute approximate surface area is 148 Å². The van der Waals surface area contributed by atoms with Crippen LogP contribution in [0.15, 0.2) is 48.5 Å². The number of anilines is 2. The van der Waals surface area contributed by atoms with Crippen molar-refractivity contribution in [2.45, 2.75) is 19.8 Å². The van der Waals surface area contributed by atoms with Crippen molar-refractivity contribution in [1.82, 2.24) is 4.57 Å². The number of carbonyl (C=O) groups is 1. The summed E-state index contributed by atoms with van der Waals surface area (Å²) in [4.78, 5) is 15.2. The van der Waals surface area contributed by atoms with Crippen molar-refractivity contribution in [3.63, 3.8) is 0 Å². The summed E-state index contributed by atoms with van der Waals surface area (Å²) < 4.78 is 1.97. The van der Waals surface area contributed by atoms with Crippen LogP contribution in [0.5, 0.6) is 0 Å². The zero-order valence-corrected chi connectivity index (χ0v) is 14.7. The van der Waals surface area contributed by atoms with E-state index in [1.165, 1.54) is 18.5 Å². The molecule has 25 heavy (non-hydrogen) atoms. The van der Waals surface area contributed by atoms with Crippen molar-refractivity contribution in [1.29, 1.82) is 0 Å². The minimum absolute atomic E-state index is 0.0647. The molecule has 128 valence electrons. The standard InChI is InChI=1S/C21H23N3O/c1-15-18-7-3-4-8-19(18)23(2)20(15)21(25)22-16-9-11-17(12-10-16)24-13-5-6-14-24/h3-4,7-12H,5-6,13-14H2,1-2H3,(H,22,25). The maximum atomic E-state index is 12.8. The van der Waals surface area contributed by atoms with Gasteiger partial charge in [0.1, 0.15) is 5.69 Å². The Morgan fingerprint density at radius 2 is 1.68 bits per heavy atom. The average molecular weight is 333 g/mol. The van der Waals surface area contributed by atoms with Crippen LogP contribution in [0.1, 0.15) is 28.9 Å². The number of aromatic nitrogens is 1. The third kappa shape index (κ3) is 2.78. The molecule has 0 saturated carbocycles. The Morgan fingerprint density at radius 3 is 2.36 bits per heavy atom. The van der Waals surface area contributed by atoms with E-state index in [0.29, 0.717) is 5.69 Å². The van der Waals surface area contributed by atoms with E-state index in [1.54, 1.807) is 0 Å². The number of aryl methyl sites for hydroxylation is 2. The molecule has 1 aliphatic rings. The number of fused-ring (bicyclic) bond motifs is 1. The Balaban J connectivity index is 1.58. The summed E-state index contributed by atoms with van der Waals surface area (Å²) >= 11 is 0. The Hall–Kier alpha value is -2.75. The van der Waals surface area contributed by atoms with Gasteiger partial charge >= 0.3 is 0 Å². The van der Waals surface area contributed by atoms with Crippen LogP contribution in [0.2, 0.25) is 0 Å². The number of nitrogens with zero attached hydrogens (tertiary/aromatic N) is 2. The highest BCUT2D eigenvalue weighted by Gasteiger charge is 2.18. The first kappa shape index (κ1) is 15.8. The Kier molecular flexibility index (Phi) is 3.96. The van der Waals surface area contributed by atoms with Crippen LogP contribution in [0.3, 0.4) is 0 Å². The first-order chi connectivity index (χ1) is 12.1. The van der Waals surface area contributed by atoms with Gasteiger partial charge in [0.25, 0.3) is 5.91 Å². The van der Waals surface area contributed by atoms with Gasteiger partial charge in [0.05, 0.1) is 0 Å². The quantitative estimate of drug-likeness (QED) is 0.774. The van der Waals surface area contributed by atoms with Crippen LogP contribution in [-0.2, 0) is 7.05 Å². The van der Waals surface area contributed by atoms with Gasteiger partial charge in [-0.15, -0.1) is 0 Å². The summed E-state index contributed by atoms with van der Waals surface area (Å²) in [6.45, 7) is 4.26. The van der Waals surface area contributed by atoms with Gasteiger partial charge in [-0.25, -0.2) is 0 Å². The summed E-state index contributed by atoms with van der Waals surface area (Å²) in [6, 6.07) is 16.3. The molecule has 2 aromatic carbocycles. The third-order valence-corrected chi connectivity index (χ3v) is 5.17. The van der Waals surface area contributed by atoms with E-state index < -0.39 is 0 Å². The lowest BCUT2D eigenvalue weighted by molar-refractivity contribution is 0.101. The van der Waals surface area contributed by atoms with Crippen molar-refractivity contribution < 1.29 is 4.79 Å². The Bertz CT molecular complexity index is 879. The lowest BCUT2D eigenvalue weighted by atomic mass is 10.1. The number of benzene rings is 2. The van der Waals surface area contributed by atoms with Gasteiger partial charge in [0.15, 0.2) is 0 Å². The van der Waals surface area contributed by atoms with Crippen molar-refractivity contribution in [2.75, 3.05) is 23.3 Å². The number of hydrogen-bond donors (Lipinski definition) is 1. The molecular weight excluding hydrogens is 310 g/mol. The molecule has 0 spiro atoms. The van der Waals surface area contributed by atoms with Crippen LogP contribution >= 0.6 is 0 Å². The van der Waals surface area contributed by atoms with Gasteiger partial charge in [-0.2, -0.15) is 0 Å². The van der Waals surface area contributed by atoms with Gasteiger partial charge in [-0.3, -0.25) is 4.79 Å². The second-order valence-corrected chi connectivity index (χ2v) is 6.74. The fraction of sp³-hybridized carbons (Fsp3) is 0.286. The zero-order valence-electron chi connectivity index (χ0n) is 14.7. The van der Waals surface area contributed by atoms with Crippen LogP contribution < -0.4 is 10.2 Å². The fourth-order valence-corrected chi connectivity index (χ4v) is 3.83. The molecule has 0 aliphatic carbocycles. The van der Waals surface area contributed by atoms with E-state index in [4.69, 9.17) is 0 Å². The van der Waals surface area contributed by atoms with E-state index in [1.807, 2.05) is 48.9 Å². The van der Waals surface area contributed by atoms with E-state index >= 15 is 0 Å². The SMILES string of the molecule is Cc1c(C(=O)Nc2ccc(N3CCCC3)cc2)n(C)c2ccccc12. The summed E-state index contributed by atoms with van der Waals surface area (Å²) in [5.41, 5.74) is 4.87. The summed E-state index contributed by atoms with van der Waals surface area (Å²) in [5.74, 6) is -0.0647. The van der Waals surface area contributed by atoms with Crippen LogP contribution in [-0.4, -0.2) is 23.6 Å². The number of rotatable bonds is 3. The number of para-hydroxylation sites is 1. The minimum Gasteiger partial charge on any atom is -0.372 e. The van der Waals surface area contributed by atoms with Crippen LogP contribution in [0.4, 0.5) is 11.4 Å². The summed E-state index contributed by atoms with van der Waals surface area (Å²) in [6.07, 6.45) is 2.53. The topological polar surface area (TPSA) is 37.3 Å². The zero-order chi connectivity index (χ0) is 17.4. The normalized spacial score (nSPS) is 14.2. The van der Waals surface area contributed by atoms with E-state index in [2.05, 4.69) is 28.4 Å².